The quantitative estimate of drug-likeness (QED) is 0.624. The van der Waals surface area contributed by atoms with Crippen LogP contribution in [-0.2, 0) is 6.42 Å². The van der Waals surface area contributed by atoms with Crippen molar-refractivity contribution >= 4 is 5.69 Å². The van der Waals surface area contributed by atoms with Gasteiger partial charge in [-0.25, -0.2) is 0 Å². The van der Waals surface area contributed by atoms with E-state index < -0.39 is 0 Å². The normalized spacial score (nSPS) is 17.1. The van der Waals surface area contributed by atoms with E-state index in [1.54, 1.807) is 12.1 Å². The van der Waals surface area contributed by atoms with Crippen LogP contribution < -0.4 is 5.73 Å². The Morgan fingerprint density at radius 2 is 2.25 bits per heavy atom. The van der Waals surface area contributed by atoms with Crippen molar-refractivity contribution in [1.82, 2.24) is 0 Å². The summed E-state index contributed by atoms with van der Waals surface area (Å²) >= 11 is 0. The van der Waals surface area contributed by atoms with E-state index in [1.807, 2.05) is 13.0 Å². The first-order chi connectivity index (χ1) is 7.59. The molecule has 1 aromatic carbocycles. The van der Waals surface area contributed by atoms with Crippen molar-refractivity contribution in [3.05, 3.63) is 39.4 Å². The van der Waals surface area contributed by atoms with Gasteiger partial charge in [-0.1, -0.05) is 12.1 Å². The minimum atomic E-state index is -0.318. The van der Waals surface area contributed by atoms with Crippen LogP contribution in [0.5, 0.6) is 0 Å². The molecular weight excluding hydrogens is 204 g/mol. The fraction of sp³-hybridized carbons (Fsp3) is 0.500. The molecule has 1 aliphatic carbocycles. The zero-order valence-electron chi connectivity index (χ0n) is 9.35. The molecule has 0 heterocycles. The highest BCUT2D eigenvalue weighted by molar-refractivity contribution is 5.45. The lowest BCUT2D eigenvalue weighted by atomic mass is 9.97. The minimum Gasteiger partial charge on any atom is -0.327 e. The van der Waals surface area contributed by atoms with Gasteiger partial charge in [0.05, 0.1) is 4.92 Å². The van der Waals surface area contributed by atoms with Crippen LogP contribution in [0, 0.1) is 23.0 Å². The van der Waals surface area contributed by atoms with Crippen molar-refractivity contribution in [2.24, 2.45) is 11.7 Å². The monoisotopic (exact) mass is 220 g/mol. The molecule has 1 saturated carbocycles. The second-order valence-corrected chi connectivity index (χ2v) is 4.54. The van der Waals surface area contributed by atoms with Crippen LogP contribution in [0.3, 0.4) is 0 Å². The van der Waals surface area contributed by atoms with Gasteiger partial charge in [-0.2, -0.15) is 0 Å². The summed E-state index contributed by atoms with van der Waals surface area (Å²) in [6, 6.07) is 5.25. The average Bonchev–Trinajstić information content (AvgIpc) is 3.03. The number of nitro benzene ring substituents is 1. The Morgan fingerprint density at radius 1 is 1.56 bits per heavy atom. The van der Waals surface area contributed by atoms with E-state index in [1.165, 1.54) is 12.8 Å². The summed E-state index contributed by atoms with van der Waals surface area (Å²) in [6.07, 6.45) is 2.95. The number of hydrogen-bond donors (Lipinski definition) is 1. The molecule has 1 aromatic rings. The van der Waals surface area contributed by atoms with Gasteiger partial charge in [-0.3, -0.25) is 10.1 Å². The van der Waals surface area contributed by atoms with E-state index in [-0.39, 0.29) is 16.7 Å². The van der Waals surface area contributed by atoms with Gasteiger partial charge >= 0.3 is 0 Å². The molecule has 0 spiro atoms. The average molecular weight is 220 g/mol. The van der Waals surface area contributed by atoms with E-state index in [0.29, 0.717) is 12.3 Å². The van der Waals surface area contributed by atoms with Gasteiger partial charge < -0.3 is 5.73 Å². The number of nitrogens with two attached hydrogens (primary N) is 1. The van der Waals surface area contributed by atoms with Gasteiger partial charge in [-0.15, -0.1) is 0 Å². The summed E-state index contributed by atoms with van der Waals surface area (Å²) in [5.41, 5.74) is 7.99. The molecule has 1 fully saturated rings. The van der Waals surface area contributed by atoms with Crippen LogP contribution >= 0.6 is 0 Å². The third kappa shape index (κ3) is 2.22. The maximum absolute atomic E-state index is 10.9. The van der Waals surface area contributed by atoms with Crippen molar-refractivity contribution in [3.8, 4) is 0 Å². The lowest BCUT2D eigenvalue weighted by Crippen LogP contribution is -2.25. The predicted molar refractivity (Wildman–Crippen MR) is 62.2 cm³/mol. The van der Waals surface area contributed by atoms with Crippen LogP contribution in [-0.4, -0.2) is 11.0 Å². The number of rotatable bonds is 4. The summed E-state index contributed by atoms with van der Waals surface area (Å²) in [7, 11) is 0. The summed E-state index contributed by atoms with van der Waals surface area (Å²) in [4.78, 5) is 10.6. The number of nitro groups is 1. The fourth-order valence-corrected chi connectivity index (χ4v) is 2.05. The molecule has 0 saturated heterocycles. The first-order valence-corrected chi connectivity index (χ1v) is 5.58. The minimum absolute atomic E-state index is 0.0693. The molecule has 1 atom stereocenters. The Morgan fingerprint density at radius 3 is 2.81 bits per heavy atom. The molecule has 16 heavy (non-hydrogen) atoms. The first kappa shape index (κ1) is 11.1. The van der Waals surface area contributed by atoms with Crippen molar-refractivity contribution in [3.63, 3.8) is 0 Å². The van der Waals surface area contributed by atoms with Gasteiger partial charge in [0.2, 0.25) is 0 Å². The van der Waals surface area contributed by atoms with Crippen molar-refractivity contribution in [2.45, 2.75) is 32.2 Å². The fourth-order valence-electron chi connectivity index (χ4n) is 2.05. The number of nitrogens with zero attached hydrogens (tertiary/aromatic N) is 1. The van der Waals surface area contributed by atoms with Crippen molar-refractivity contribution in [2.75, 3.05) is 0 Å². The molecule has 1 aliphatic rings. The van der Waals surface area contributed by atoms with E-state index in [4.69, 9.17) is 5.73 Å². The molecule has 4 nitrogen and oxygen atoms in total. The zero-order chi connectivity index (χ0) is 11.7. The number of benzene rings is 1. The lowest BCUT2D eigenvalue weighted by Gasteiger charge is -2.12. The molecule has 0 amide bonds. The Hall–Kier alpha value is -1.42. The number of aryl methyl sites for hydroxylation is 1. The van der Waals surface area contributed by atoms with Crippen LogP contribution in [0.4, 0.5) is 5.69 Å². The molecule has 2 N–H and O–H groups in total. The molecular formula is C12H16N2O2. The second kappa shape index (κ2) is 4.22. The maximum Gasteiger partial charge on any atom is 0.272 e. The molecule has 86 valence electrons. The standard InChI is InChI=1S/C12H16N2O2/c1-8-3-2-4-12(14(15)16)10(8)7-11(13)9-5-6-9/h2-4,9,11H,5-7,13H2,1H3. The zero-order valence-corrected chi connectivity index (χ0v) is 9.35. The third-order valence-corrected chi connectivity index (χ3v) is 3.25. The van der Waals surface area contributed by atoms with Gasteiger partial charge in [0.25, 0.3) is 5.69 Å². The van der Waals surface area contributed by atoms with Crippen molar-refractivity contribution < 1.29 is 4.92 Å². The Balaban J connectivity index is 2.26. The molecule has 4 heteroatoms. The summed E-state index contributed by atoms with van der Waals surface area (Å²) in [6.45, 7) is 1.90. The number of hydrogen-bond acceptors (Lipinski definition) is 3. The van der Waals surface area contributed by atoms with E-state index in [2.05, 4.69) is 0 Å². The summed E-state index contributed by atoms with van der Waals surface area (Å²) in [5, 5.41) is 10.9. The van der Waals surface area contributed by atoms with Gasteiger partial charge in [0.1, 0.15) is 0 Å². The molecule has 0 aliphatic heterocycles. The second-order valence-electron chi connectivity index (χ2n) is 4.54. The van der Waals surface area contributed by atoms with E-state index in [9.17, 15) is 10.1 Å². The first-order valence-electron chi connectivity index (χ1n) is 5.58. The Kier molecular flexibility index (Phi) is 2.92. The Bertz CT molecular complexity index is 413. The highest BCUT2D eigenvalue weighted by atomic mass is 16.6. The molecule has 0 bridgehead atoms. The highest BCUT2D eigenvalue weighted by Gasteiger charge is 2.30. The predicted octanol–water partition coefficient (Wildman–Crippen LogP) is 2.18. The summed E-state index contributed by atoms with van der Waals surface area (Å²) < 4.78 is 0. The van der Waals surface area contributed by atoms with E-state index in [0.717, 1.165) is 11.1 Å². The van der Waals surface area contributed by atoms with Crippen LogP contribution in [0.2, 0.25) is 0 Å². The van der Waals surface area contributed by atoms with Gasteiger partial charge in [0.15, 0.2) is 0 Å². The van der Waals surface area contributed by atoms with E-state index >= 15 is 0 Å². The third-order valence-electron chi connectivity index (χ3n) is 3.25. The molecule has 2 rings (SSSR count). The Labute approximate surface area is 94.6 Å². The van der Waals surface area contributed by atoms with Gasteiger partial charge in [-0.05, 0) is 37.7 Å². The van der Waals surface area contributed by atoms with Crippen LogP contribution in [0.1, 0.15) is 24.0 Å². The van der Waals surface area contributed by atoms with Crippen molar-refractivity contribution in [1.29, 1.82) is 0 Å². The van der Waals surface area contributed by atoms with Crippen LogP contribution in [0.15, 0.2) is 18.2 Å². The molecule has 0 radical (unpaired) electrons. The molecule has 0 aromatic heterocycles. The summed E-state index contributed by atoms with van der Waals surface area (Å²) in [5.74, 6) is 0.569. The smallest absolute Gasteiger partial charge is 0.272 e. The largest absolute Gasteiger partial charge is 0.327 e. The van der Waals surface area contributed by atoms with Gasteiger partial charge in [0, 0.05) is 17.7 Å². The highest BCUT2D eigenvalue weighted by Crippen LogP contribution is 2.34. The lowest BCUT2D eigenvalue weighted by molar-refractivity contribution is -0.385. The topological polar surface area (TPSA) is 69.2 Å². The maximum atomic E-state index is 10.9. The molecule has 1 unspecified atom stereocenters. The van der Waals surface area contributed by atoms with Crippen LogP contribution in [0.25, 0.3) is 0 Å². The SMILES string of the molecule is Cc1cccc([N+](=O)[O-])c1CC(N)C1CC1.